The van der Waals surface area contributed by atoms with E-state index in [1.165, 1.54) is 0 Å². The lowest BCUT2D eigenvalue weighted by Crippen LogP contribution is -2.46. The smallest absolute Gasteiger partial charge is 0.225 e. The van der Waals surface area contributed by atoms with Gasteiger partial charge in [-0.2, -0.15) is 5.26 Å². The van der Waals surface area contributed by atoms with E-state index in [2.05, 4.69) is 19.9 Å². The molecular formula is C15H26N2OS. The van der Waals surface area contributed by atoms with Crippen molar-refractivity contribution >= 4 is 17.7 Å². The first kappa shape index (κ1) is 16.4. The summed E-state index contributed by atoms with van der Waals surface area (Å²) in [6.07, 6.45) is 7.74. The van der Waals surface area contributed by atoms with E-state index >= 15 is 0 Å². The molecule has 19 heavy (non-hydrogen) atoms. The highest BCUT2D eigenvalue weighted by atomic mass is 32.2. The number of carbonyl (C=O) groups is 1. The van der Waals surface area contributed by atoms with Crippen LogP contribution in [0.2, 0.25) is 0 Å². The fourth-order valence-electron chi connectivity index (χ4n) is 2.80. The van der Waals surface area contributed by atoms with Gasteiger partial charge in [0.1, 0.15) is 4.75 Å². The van der Waals surface area contributed by atoms with Crippen molar-refractivity contribution in [1.29, 1.82) is 5.26 Å². The van der Waals surface area contributed by atoms with Gasteiger partial charge in [-0.1, -0.05) is 26.7 Å². The van der Waals surface area contributed by atoms with Gasteiger partial charge in [0, 0.05) is 19.0 Å². The van der Waals surface area contributed by atoms with Gasteiger partial charge in [0.25, 0.3) is 0 Å². The number of hydrogen-bond donors (Lipinski definition) is 0. The van der Waals surface area contributed by atoms with Crippen LogP contribution in [0.25, 0.3) is 0 Å². The van der Waals surface area contributed by atoms with Gasteiger partial charge in [0.15, 0.2) is 0 Å². The number of likely N-dealkylation sites (tertiary alicyclic amines) is 1. The molecule has 1 fully saturated rings. The van der Waals surface area contributed by atoms with E-state index in [-0.39, 0.29) is 10.7 Å². The largest absolute Gasteiger partial charge is 0.342 e. The number of amides is 1. The van der Waals surface area contributed by atoms with Crippen molar-refractivity contribution in [2.24, 2.45) is 5.92 Å². The molecular weight excluding hydrogens is 256 g/mol. The van der Waals surface area contributed by atoms with Gasteiger partial charge in [-0.3, -0.25) is 4.79 Å². The van der Waals surface area contributed by atoms with Crippen molar-refractivity contribution in [3.05, 3.63) is 0 Å². The molecule has 0 aliphatic carbocycles. The number of nitriles is 1. The van der Waals surface area contributed by atoms with Crippen molar-refractivity contribution in [2.45, 2.75) is 57.1 Å². The lowest BCUT2D eigenvalue weighted by Gasteiger charge is -2.37. The normalized spacial score (nSPS) is 18.4. The van der Waals surface area contributed by atoms with Crippen LogP contribution in [-0.4, -0.2) is 34.9 Å². The number of thioether (sulfide) groups is 1. The summed E-state index contributed by atoms with van der Waals surface area (Å²) in [5.41, 5.74) is 0. The van der Waals surface area contributed by atoms with Crippen LogP contribution >= 0.6 is 11.8 Å². The third-order valence-electron chi connectivity index (χ3n) is 4.10. The minimum absolute atomic E-state index is 0.193. The Morgan fingerprint density at radius 3 is 2.21 bits per heavy atom. The predicted octanol–water partition coefficient (Wildman–Crippen LogP) is 3.45. The molecule has 1 heterocycles. The second kappa shape index (κ2) is 7.79. The SMILES string of the molecule is CCCC(CCC)C(=O)N1CCC(C#N)(SC)CC1. The minimum atomic E-state index is -0.262. The van der Waals surface area contributed by atoms with Crippen LogP contribution < -0.4 is 0 Å². The zero-order chi connectivity index (χ0) is 14.3. The van der Waals surface area contributed by atoms with Gasteiger partial charge in [-0.15, -0.1) is 11.8 Å². The molecule has 0 bridgehead atoms. The van der Waals surface area contributed by atoms with Crippen LogP contribution in [0.5, 0.6) is 0 Å². The van der Waals surface area contributed by atoms with Crippen LogP contribution in [0.1, 0.15) is 52.4 Å². The molecule has 3 nitrogen and oxygen atoms in total. The first-order valence-electron chi connectivity index (χ1n) is 7.37. The maximum absolute atomic E-state index is 12.5. The summed E-state index contributed by atoms with van der Waals surface area (Å²) in [7, 11) is 0. The van der Waals surface area contributed by atoms with Crippen LogP contribution in [0.3, 0.4) is 0 Å². The van der Waals surface area contributed by atoms with E-state index in [0.717, 1.165) is 51.6 Å². The fraction of sp³-hybridized carbons (Fsp3) is 0.867. The summed E-state index contributed by atoms with van der Waals surface area (Å²) in [5.74, 6) is 0.509. The Morgan fingerprint density at radius 1 is 1.32 bits per heavy atom. The molecule has 0 aromatic rings. The maximum Gasteiger partial charge on any atom is 0.225 e. The summed E-state index contributed by atoms with van der Waals surface area (Å²) >= 11 is 1.64. The Bertz CT molecular complexity index is 324. The third kappa shape index (κ3) is 4.14. The summed E-state index contributed by atoms with van der Waals surface area (Å²) in [5, 5.41) is 9.27. The Kier molecular flexibility index (Phi) is 6.71. The Balaban J connectivity index is 2.58. The van der Waals surface area contributed by atoms with Crippen LogP contribution in [0.4, 0.5) is 0 Å². The van der Waals surface area contributed by atoms with E-state index in [4.69, 9.17) is 0 Å². The number of hydrogen-bond acceptors (Lipinski definition) is 3. The minimum Gasteiger partial charge on any atom is -0.342 e. The second-order valence-electron chi connectivity index (χ2n) is 5.41. The molecule has 1 amide bonds. The monoisotopic (exact) mass is 282 g/mol. The van der Waals surface area contributed by atoms with Gasteiger partial charge in [-0.25, -0.2) is 0 Å². The summed E-state index contributed by atoms with van der Waals surface area (Å²) in [4.78, 5) is 14.5. The van der Waals surface area contributed by atoms with E-state index < -0.39 is 0 Å². The van der Waals surface area contributed by atoms with Crippen LogP contribution in [0, 0.1) is 17.2 Å². The Hall–Kier alpha value is -0.690. The molecule has 0 aromatic heterocycles. The molecule has 0 atom stereocenters. The molecule has 108 valence electrons. The number of carbonyl (C=O) groups excluding carboxylic acids is 1. The highest BCUT2D eigenvalue weighted by Crippen LogP contribution is 2.34. The zero-order valence-corrected chi connectivity index (χ0v) is 13.3. The zero-order valence-electron chi connectivity index (χ0n) is 12.4. The molecule has 0 unspecified atom stereocenters. The highest BCUT2D eigenvalue weighted by molar-refractivity contribution is 8.00. The molecule has 0 radical (unpaired) electrons. The van der Waals surface area contributed by atoms with Crippen LogP contribution in [0.15, 0.2) is 0 Å². The third-order valence-corrected chi connectivity index (χ3v) is 5.38. The highest BCUT2D eigenvalue weighted by Gasteiger charge is 2.36. The Morgan fingerprint density at radius 2 is 1.84 bits per heavy atom. The van der Waals surface area contributed by atoms with E-state index in [0.29, 0.717) is 5.91 Å². The van der Waals surface area contributed by atoms with Crippen molar-refractivity contribution in [1.82, 2.24) is 4.90 Å². The van der Waals surface area contributed by atoms with Crippen molar-refractivity contribution in [3.8, 4) is 6.07 Å². The average Bonchev–Trinajstić information content (AvgIpc) is 2.46. The van der Waals surface area contributed by atoms with Crippen LogP contribution in [-0.2, 0) is 4.79 Å². The van der Waals surface area contributed by atoms with Crippen molar-refractivity contribution in [2.75, 3.05) is 19.3 Å². The van der Waals surface area contributed by atoms with E-state index in [1.54, 1.807) is 11.8 Å². The number of nitrogens with zero attached hydrogens (tertiary/aromatic N) is 2. The van der Waals surface area contributed by atoms with Gasteiger partial charge in [0.05, 0.1) is 6.07 Å². The quantitative estimate of drug-likeness (QED) is 0.749. The molecule has 1 aliphatic heterocycles. The molecule has 0 aromatic carbocycles. The first-order valence-corrected chi connectivity index (χ1v) is 8.60. The maximum atomic E-state index is 12.5. The summed E-state index contributed by atoms with van der Waals surface area (Å²) in [6.45, 7) is 5.77. The van der Waals surface area contributed by atoms with E-state index in [1.807, 2.05) is 11.2 Å². The van der Waals surface area contributed by atoms with Gasteiger partial charge in [-0.05, 0) is 31.9 Å². The number of rotatable bonds is 6. The Labute approximate surface area is 121 Å². The topological polar surface area (TPSA) is 44.1 Å². The van der Waals surface area contributed by atoms with Gasteiger partial charge in [0.2, 0.25) is 5.91 Å². The summed E-state index contributed by atoms with van der Waals surface area (Å²) in [6, 6.07) is 2.43. The van der Waals surface area contributed by atoms with E-state index in [9.17, 15) is 10.1 Å². The number of piperidine rings is 1. The fourth-order valence-corrected chi connectivity index (χ4v) is 3.48. The second-order valence-corrected chi connectivity index (χ2v) is 6.60. The molecule has 1 rings (SSSR count). The lowest BCUT2D eigenvalue weighted by molar-refractivity contribution is -0.137. The van der Waals surface area contributed by atoms with Gasteiger partial charge >= 0.3 is 0 Å². The summed E-state index contributed by atoms with van der Waals surface area (Å²) < 4.78 is -0.262. The molecule has 0 saturated carbocycles. The van der Waals surface area contributed by atoms with Gasteiger partial charge < -0.3 is 4.90 Å². The first-order chi connectivity index (χ1) is 9.12. The van der Waals surface area contributed by atoms with Crippen molar-refractivity contribution < 1.29 is 4.79 Å². The predicted molar refractivity (Wildman–Crippen MR) is 81.0 cm³/mol. The molecule has 1 saturated heterocycles. The lowest BCUT2D eigenvalue weighted by atomic mass is 9.93. The molecule has 1 aliphatic rings. The standard InChI is InChI=1S/C15H26N2OS/c1-4-6-13(7-5-2)14(18)17-10-8-15(12-16,19-3)9-11-17/h13H,4-11H2,1-3H3. The molecule has 0 N–H and O–H groups in total. The molecule has 0 spiro atoms. The van der Waals surface area contributed by atoms with Crippen molar-refractivity contribution in [3.63, 3.8) is 0 Å². The molecule has 4 heteroatoms. The average molecular weight is 282 g/mol.